The van der Waals surface area contributed by atoms with E-state index in [0.717, 1.165) is 5.75 Å². The van der Waals surface area contributed by atoms with Gasteiger partial charge in [0.15, 0.2) is 0 Å². The second kappa shape index (κ2) is 8.97. The molecule has 2 aromatic rings. The van der Waals surface area contributed by atoms with Crippen LogP contribution in [0.25, 0.3) is 0 Å². The van der Waals surface area contributed by atoms with Gasteiger partial charge in [-0.3, -0.25) is 0 Å². The maximum absolute atomic E-state index is 9.87. The average Bonchev–Trinajstić information content (AvgIpc) is 2.98. The second-order valence-corrected chi connectivity index (χ2v) is 5.40. The van der Waals surface area contributed by atoms with Crippen LogP contribution in [-0.4, -0.2) is 24.4 Å². The molecule has 0 aliphatic carbocycles. The molecule has 1 aromatic carbocycles. The van der Waals surface area contributed by atoms with Gasteiger partial charge in [-0.2, -0.15) is 0 Å². The van der Waals surface area contributed by atoms with Crippen molar-refractivity contribution >= 4 is 23.7 Å². The fraction of sp³-hybridized carbons (Fsp3) is 0.333. The molecule has 2 N–H and O–H groups in total. The summed E-state index contributed by atoms with van der Waals surface area (Å²) in [5.41, 5.74) is 0. The molecule has 0 saturated heterocycles. The maximum atomic E-state index is 9.87. The summed E-state index contributed by atoms with van der Waals surface area (Å²) in [6.07, 6.45) is -0.511. The molecule has 0 aliphatic rings. The van der Waals surface area contributed by atoms with Crippen molar-refractivity contribution in [1.29, 1.82) is 0 Å². The normalized spacial score (nSPS) is 13.3. The summed E-state index contributed by atoms with van der Waals surface area (Å²) < 4.78 is 5.50. The van der Waals surface area contributed by atoms with E-state index in [0.29, 0.717) is 13.2 Å². The third kappa shape index (κ3) is 5.51. The van der Waals surface area contributed by atoms with Gasteiger partial charge in [0.05, 0.1) is 0 Å². The van der Waals surface area contributed by atoms with Gasteiger partial charge in [0.25, 0.3) is 0 Å². The largest absolute Gasteiger partial charge is 0.491 e. The second-order valence-electron chi connectivity index (χ2n) is 4.42. The van der Waals surface area contributed by atoms with Crippen LogP contribution in [0.5, 0.6) is 5.75 Å². The molecule has 1 aromatic heterocycles. The first kappa shape index (κ1) is 17.0. The van der Waals surface area contributed by atoms with Crippen molar-refractivity contribution in [2.24, 2.45) is 0 Å². The lowest BCUT2D eigenvalue weighted by Gasteiger charge is -2.16. The number of halogens is 1. The third-order valence-corrected chi connectivity index (χ3v) is 3.87. The molecular formula is C15H20ClNO2S. The molecule has 0 amide bonds. The molecule has 1 heterocycles. The fourth-order valence-electron chi connectivity index (χ4n) is 1.72. The molecule has 0 spiro atoms. The number of thiophene rings is 1. The van der Waals surface area contributed by atoms with Crippen molar-refractivity contribution < 1.29 is 9.84 Å². The van der Waals surface area contributed by atoms with Gasteiger partial charge in [-0.15, -0.1) is 23.7 Å². The van der Waals surface area contributed by atoms with Crippen molar-refractivity contribution in [1.82, 2.24) is 5.32 Å². The lowest BCUT2D eigenvalue weighted by molar-refractivity contribution is 0.104. The Hall–Kier alpha value is -1.07. The molecule has 0 radical (unpaired) electrons. The molecule has 20 heavy (non-hydrogen) atoms. The van der Waals surface area contributed by atoms with Gasteiger partial charge in [0.1, 0.15) is 18.5 Å². The smallest absolute Gasteiger partial charge is 0.119 e. The number of nitrogens with one attached hydrogen (secondary N) is 1. The van der Waals surface area contributed by atoms with Crippen LogP contribution in [0.4, 0.5) is 0 Å². The molecule has 0 saturated carbocycles. The number of rotatable bonds is 7. The molecule has 3 nitrogen and oxygen atoms in total. The van der Waals surface area contributed by atoms with E-state index < -0.39 is 6.10 Å². The van der Waals surface area contributed by atoms with E-state index in [1.807, 2.05) is 36.4 Å². The number of hydrogen-bond donors (Lipinski definition) is 2. The topological polar surface area (TPSA) is 41.5 Å². The van der Waals surface area contributed by atoms with Gasteiger partial charge in [-0.05, 0) is 30.5 Å². The van der Waals surface area contributed by atoms with E-state index in [1.54, 1.807) is 11.3 Å². The van der Waals surface area contributed by atoms with Gasteiger partial charge in [-0.1, -0.05) is 24.3 Å². The first-order valence-corrected chi connectivity index (χ1v) is 7.26. The number of benzene rings is 1. The van der Waals surface area contributed by atoms with Gasteiger partial charge >= 0.3 is 0 Å². The Bertz CT molecular complexity index is 464. The number of aliphatic hydroxyl groups is 1. The molecule has 2 atom stereocenters. The van der Waals surface area contributed by atoms with Crippen LogP contribution in [0.2, 0.25) is 0 Å². The predicted octanol–water partition coefficient (Wildman–Crippen LogP) is 3.26. The van der Waals surface area contributed by atoms with E-state index >= 15 is 0 Å². The van der Waals surface area contributed by atoms with Crippen molar-refractivity contribution in [2.45, 2.75) is 19.1 Å². The van der Waals surface area contributed by atoms with Crippen molar-refractivity contribution in [3.8, 4) is 5.75 Å². The highest BCUT2D eigenvalue weighted by atomic mass is 35.5. The van der Waals surface area contributed by atoms with Crippen LogP contribution >= 0.6 is 23.7 Å². The fourth-order valence-corrected chi connectivity index (χ4v) is 2.48. The summed E-state index contributed by atoms with van der Waals surface area (Å²) in [5, 5.41) is 15.2. The van der Waals surface area contributed by atoms with Crippen LogP contribution in [-0.2, 0) is 0 Å². The summed E-state index contributed by atoms with van der Waals surface area (Å²) in [7, 11) is 0. The Kier molecular flexibility index (Phi) is 7.62. The van der Waals surface area contributed by atoms with Crippen LogP contribution in [0, 0.1) is 0 Å². The molecule has 2 rings (SSSR count). The van der Waals surface area contributed by atoms with Crippen LogP contribution in [0.3, 0.4) is 0 Å². The van der Waals surface area contributed by atoms with Crippen molar-refractivity contribution in [3.63, 3.8) is 0 Å². The molecule has 0 bridgehead atoms. The van der Waals surface area contributed by atoms with Crippen molar-refractivity contribution in [2.75, 3.05) is 13.2 Å². The third-order valence-electron chi connectivity index (χ3n) is 2.82. The lowest BCUT2D eigenvalue weighted by Crippen LogP contribution is -2.32. The zero-order chi connectivity index (χ0) is 13.5. The number of aliphatic hydroxyl groups excluding tert-OH is 1. The summed E-state index contributed by atoms with van der Waals surface area (Å²) in [6, 6.07) is 13.9. The van der Waals surface area contributed by atoms with Gasteiger partial charge < -0.3 is 15.2 Å². The minimum Gasteiger partial charge on any atom is -0.491 e. The lowest BCUT2D eigenvalue weighted by atomic mass is 10.2. The Balaban J connectivity index is 0.00000200. The van der Waals surface area contributed by atoms with Gasteiger partial charge in [0, 0.05) is 17.5 Å². The molecule has 5 heteroatoms. The highest BCUT2D eigenvalue weighted by Crippen LogP contribution is 2.17. The summed E-state index contributed by atoms with van der Waals surface area (Å²) in [4.78, 5) is 1.27. The molecule has 110 valence electrons. The molecule has 2 unspecified atom stereocenters. The van der Waals surface area contributed by atoms with E-state index in [-0.39, 0.29) is 18.4 Å². The van der Waals surface area contributed by atoms with E-state index in [9.17, 15) is 5.11 Å². The van der Waals surface area contributed by atoms with E-state index in [1.165, 1.54) is 4.88 Å². The predicted molar refractivity (Wildman–Crippen MR) is 85.9 cm³/mol. The highest BCUT2D eigenvalue weighted by molar-refractivity contribution is 7.10. The molecular weight excluding hydrogens is 294 g/mol. The zero-order valence-electron chi connectivity index (χ0n) is 11.4. The van der Waals surface area contributed by atoms with Gasteiger partial charge in [0.2, 0.25) is 0 Å². The number of ether oxygens (including phenoxy) is 1. The summed E-state index contributed by atoms with van der Waals surface area (Å²) in [5.74, 6) is 0.785. The van der Waals surface area contributed by atoms with E-state index in [4.69, 9.17) is 4.74 Å². The average molecular weight is 314 g/mol. The Morgan fingerprint density at radius 3 is 2.60 bits per heavy atom. The first-order valence-electron chi connectivity index (χ1n) is 6.38. The van der Waals surface area contributed by atoms with E-state index in [2.05, 4.69) is 23.7 Å². The maximum Gasteiger partial charge on any atom is 0.119 e. The number of para-hydroxylation sites is 1. The Morgan fingerprint density at radius 2 is 1.95 bits per heavy atom. The van der Waals surface area contributed by atoms with Crippen LogP contribution in [0.15, 0.2) is 47.8 Å². The minimum absolute atomic E-state index is 0. The number of hydrogen-bond acceptors (Lipinski definition) is 4. The molecule has 0 aliphatic heterocycles. The molecule has 0 fully saturated rings. The Labute approximate surface area is 130 Å². The first-order chi connectivity index (χ1) is 9.25. The SMILES string of the molecule is CC(NCC(O)COc1ccccc1)c1cccs1.Cl. The van der Waals surface area contributed by atoms with Crippen LogP contribution in [0.1, 0.15) is 17.8 Å². The standard InChI is InChI=1S/C15H19NO2S.ClH/c1-12(15-8-5-9-19-15)16-10-13(17)11-18-14-6-3-2-4-7-14;/h2-9,12-13,16-17H,10-11H2,1H3;1H. The van der Waals surface area contributed by atoms with Crippen molar-refractivity contribution in [3.05, 3.63) is 52.7 Å². The zero-order valence-corrected chi connectivity index (χ0v) is 13.0. The van der Waals surface area contributed by atoms with Gasteiger partial charge in [-0.25, -0.2) is 0 Å². The summed E-state index contributed by atoms with van der Waals surface area (Å²) in [6.45, 7) is 2.91. The minimum atomic E-state index is -0.511. The van der Waals surface area contributed by atoms with Crippen LogP contribution < -0.4 is 10.1 Å². The summed E-state index contributed by atoms with van der Waals surface area (Å²) >= 11 is 1.72. The highest BCUT2D eigenvalue weighted by Gasteiger charge is 2.09. The monoisotopic (exact) mass is 313 g/mol. The Morgan fingerprint density at radius 1 is 1.20 bits per heavy atom. The quantitative estimate of drug-likeness (QED) is 0.824.